The normalized spacial score (nSPS) is 11.3. The number of carbonyl (C=O) groups is 1. The molecular weight excluding hydrogens is 356 g/mol. The molecule has 0 aliphatic carbocycles. The number of aryl methyl sites for hydroxylation is 1. The van der Waals surface area contributed by atoms with E-state index in [1.165, 1.54) is 12.5 Å². The van der Waals surface area contributed by atoms with Crippen molar-refractivity contribution < 1.29 is 13.9 Å². The highest BCUT2D eigenvalue weighted by Gasteiger charge is 2.10. The van der Waals surface area contributed by atoms with Crippen molar-refractivity contribution in [3.05, 3.63) is 75.6 Å². The molecule has 3 rings (SSSR count). The van der Waals surface area contributed by atoms with E-state index < -0.39 is 5.91 Å². The third kappa shape index (κ3) is 4.46. The van der Waals surface area contributed by atoms with Crippen molar-refractivity contribution in [3.8, 4) is 5.75 Å². The van der Waals surface area contributed by atoms with Gasteiger partial charge >= 0.3 is 0 Å². The van der Waals surface area contributed by atoms with E-state index in [-0.39, 0.29) is 23.5 Å². The minimum Gasteiger partial charge on any atom is -0.483 e. The van der Waals surface area contributed by atoms with Gasteiger partial charge < -0.3 is 9.15 Å². The highest BCUT2D eigenvalue weighted by atomic mass is 16.5. The average molecular weight is 378 g/mol. The van der Waals surface area contributed by atoms with Gasteiger partial charge in [-0.05, 0) is 42.2 Å². The summed E-state index contributed by atoms with van der Waals surface area (Å²) in [5, 5.41) is 4.29. The van der Waals surface area contributed by atoms with E-state index >= 15 is 0 Å². The number of hydrazone groups is 1. The average Bonchev–Trinajstić information content (AvgIpc) is 2.68. The monoisotopic (exact) mass is 378 g/mol. The Bertz CT molecular complexity index is 1080. The smallest absolute Gasteiger partial charge is 0.277 e. The van der Waals surface area contributed by atoms with Crippen LogP contribution in [0.1, 0.15) is 36.5 Å². The number of hydrogen-bond acceptors (Lipinski definition) is 5. The molecule has 6 heteroatoms. The van der Waals surface area contributed by atoms with Crippen LogP contribution in [0.3, 0.4) is 0 Å². The molecule has 0 spiro atoms. The molecule has 0 bridgehead atoms. The lowest BCUT2D eigenvalue weighted by atomic mass is 10.0. The Kier molecular flexibility index (Phi) is 5.89. The first-order chi connectivity index (χ1) is 13.5. The van der Waals surface area contributed by atoms with Crippen molar-refractivity contribution in [2.24, 2.45) is 5.10 Å². The van der Waals surface area contributed by atoms with Crippen LogP contribution < -0.4 is 15.6 Å². The van der Waals surface area contributed by atoms with Gasteiger partial charge in [0.15, 0.2) is 6.61 Å². The second-order valence-corrected chi connectivity index (χ2v) is 6.79. The maximum Gasteiger partial charge on any atom is 0.277 e. The number of benzene rings is 2. The van der Waals surface area contributed by atoms with Crippen LogP contribution in [-0.4, -0.2) is 18.7 Å². The first-order valence-electron chi connectivity index (χ1n) is 9.01. The summed E-state index contributed by atoms with van der Waals surface area (Å²) >= 11 is 0. The zero-order chi connectivity index (χ0) is 20.1. The fraction of sp³-hybridized carbons (Fsp3) is 0.227. The molecule has 0 radical (unpaired) electrons. The number of nitrogens with one attached hydrogen (secondary N) is 1. The minimum absolute atomic E-state index is 0.174. The number of carbonyl (C=O) groups excluding carboxylic acids is 1. The Morgan fingerprint density at radius 1 is 1.25 bits per heavy atom. The first kappa shape index (κ1) is 19.4. The molecule has 0 aliphatic rings. The lowest BCUT2D eigenvalue weighted by molar-refractivity contribution is -0.123. The van der Waals surface area contributed by atoms with Crippen LogP contribution in [0.4, 0.5) is 0 Å². The molecule has 144 valence electrons. The molecule has 0 saturated carbocycles. The summed E-state index contributed by atoms with van der Waals surface area (Å²) in [6.45, 7) is 5.93. The van der Waals surface area contributed by atoms with Crippen LogP contribution in [-0.2, 0) is 4.79 Å². The summed E-state index contributed by atoms with van der Waals surface area (Å²) in [6, 6.07) is 12.9. The van der Waals surface area contributed by atoms with Crippen LogP contribution in [0.2, 0.25) is 0 Å². The summed E-state index contributed by atoms with van der Waals surface area (Å²) in [4.78, 5) is 24.4. The molecule has 1 aromatic heterocycles. The third-order valence-corrected chi connectivity index (χ3v) is 4.25. The maximum atomic E-state index is 12.4. The van der Waals surface area contributed by atoms with Crippen LogP contribution in [0.5, 0.6) is 5.75 Å². The number of ether oxygens (including phenoxy) is 1. The topological polar surface area (TPSA) is 80.9 Å². The maximum absolute atomic E-state index is 12.4. The van der Waals surface area contributed by atoms with Gasteiger partial charge in [-0.3, -0.25) is 9.59 Å². The molecule has 0 aliphatic heterocycles. The summed E-state index contributed by atoms with van der Waals surface area (Å²) in [5.41, 5.74) is 5.00. The van der Waals surface area contributed by atoms with E-state index in [0.717, 1.165) is 11.1 Å². The van der Waals surface area contributed by atoms with Gasteiger partial charge in [0, 0.05) is 0 Å². The summed E-state index contributed by atoms with van der Waals surface area (Å²) in [5.74, 6) is 0.547. The standard InChI is InChI=1S/C22H22N2O4/c1-14(2)17-9-8-15(3)10-20(17)28-13-21(25)24-23-11-16-12-27-19-7-5-4-6-18(19)22(16)26/h4-12,14H,13H2,1-3H3,(H,24,25)/b23-11-. The molecule has 1 heterocycles. The summed E-state index contributed by atoms with van der Waals surface area (Å²) < 4.78 is 11.1. The number of hydrogen-bond donors (Lipinski definition) is 1. The van der Waals surface area contributed by atoms with Gasteiger partial charge in [0.25, 0.3) is 5.91 Å². The van der Waals surface area contributed by atoms with Gasteiger partial charge in [0.1, 0.15) is 17.6 Å². The number of nitrogens with zero attached hydrogens (tertiary/aromatic N) is 1. The van der Waals surface area contributed by atoms with E-state index in [1.54, 1.807) is 24.3 Å². The van der Waals surface area contributed by atoms with Gasteiger partial charge in [0.05, 0.1) is 17.2 Å². The van der Waals surface area contributed by atoms with Crippen molar-refractivity contribution in [3.63, 3.8) is 0 Å². The van der Waals surface area contributed by atoms with Gasteiger partial charge in [-0.25, -0.2) is 5.43 Å². The SMILES string of the molecule is Cc1ccc(C(C)C)c(OCC(=O)N/N=C\c2coc3ccccc3c2=O)c1. The zero-order valence-electron chi connectivity index (χ0n) is 16.1. The minimum atomic E-state index is -0.419. The Hall–Kier alpha value is -3.41. The Labute approximate surface area is 162 Å². The van der Waals surface area contributed by atoms with E-state index in [2.05, 4.69) is 24.4 Å². The van der Waals surface area contributed by atoms with Crippen molar-refractivity contribution in [2.45, 2.75) is 26.7 Å². The van der Waals surface area contributed by atoms with Crippen molar-refractivity contribution in [1.82, 2.24) is 5.43 Å². The van der Waals surface area contributed by atoms with Gasteiger partial charge in [-0.1, -0.05) is 38.1 Å². The molecule has 1 N–H and O–H groups in total. The second-order valence-electron chi connectivity index (χ2n) is 6.79. The van der Waals surface area contributed by atoms with Crippen LogP contribution >= 0.6 is 0 Å². The van der Waals surface area contributed by atoms with E-state index in [0.29, 0.717) is 16.7 Å². The molecule has 2 aromatic carbocycles. The fourth-order valence-corrected chi connectivity index (χ4v) is 2.77. The van der Waals surface area contributed by atoms with E-state index in [4.69, 9.17) is 9.15 Å². The van der Waals surface area contributed by atoms with Gasteiger partial charge in [-0.15, -0.1) is 0 Å². The van der Waals surface area contributed by atoms with Crippen molar-refractivity contribution in [2.75, 3.05) is 6.61 Å². The van der Waals surface area contributed by atoms with Gasteiger partial charge in [0.2, 0.25) is 5.43 Å². The second kappa shape index (κ2) is 8.52. The highest BCUT2D eigenvalue weighted by molar-refractivity contribution is 5.87. The third-order valence-electron chi connectivity index (χ3n) is 4.25. The highest BCUT2D eigenvalue weighted by Crippen LogP contribution is 2.27. The Morgan fingerprint density at radius 2 is 2.04 bits per heavy atom. The quantitative estimate of drug-likeness (QED) is 0.523. The van der Waals surface area contributed by atoms with Crippen LogP contribution in [0, 0.1) is 6.92 Å². The van der Waals surface area contributed by atoms with Crippen LogP contribution in [0.15, 0.2) is 63.0 Å². The summed E-state index contributed by atoms with van der Waals surface area (Å²) in [6.07, 6.45) is 2.58. The largest absolute Gasteiger partial charge is 0.483 e. The Morgan fingerprint density at radius 3 is 2.82 bits per heavy atom. The van der Waals surface area contributed by atoms with Gasteiger partial charge in [-0.2, -0.15) is 5.10 Å². The number of rotatable bonds is 6. The molecule has 28 heavy (non-hydrogen) atoms. The fourth-order valence-electron chi connectivity index (χ4n) is 2.77. The first-order valence-corrected chi connectivity index (χ1v) is 9.01. The molecule has 0 fully saturated rings. The van der Waals surface area contributed by atoms with Crippen molar-refractivity contribution in [1.29, 1.82) is 0 Å². The molecule has 0 atom stereocenters. The lowest BCUT2D eigenvalue weighted by Gasteiger charge is -2.14. The Balaban J connectivity index is 1.63. The van der Waals surface area contributed by atoms with E-state index in [1.807, 2.05) is 25.1 Å². The van der Waals surface area contributed by atoms with Crippen molar-refractivity contribution >= 4 is 23.1 Å². The molecule has 3 aromatic rings. The van der Waals surface area contributed by atoms with E-state index in [9.17, 15) is 9.59 Å². The zero-order valence-corrected chi connectivity index (χ0v) is 16.1. The summed E-state index contributed by atoms with van der Waals surface area (Å²) in [7, 11) is 0. The number of amides is 1. The molecule has 0 saturated heterocycles. The lowest BCUT2D eigenvalue weighted by Crippen LogP contribution is -2.25. The van der Waals surface area contributed by atoms with Crippen LogP contribution in [0.25, 0.3) is 11.0 Å². The predicted octanol–water partition coefficient (Wildman–Crippen LogP) is 3.75. The number of fused-ring (bicyclic) bond motifs is 1. The molecule has 1 amide bonds. The number of para-hydroxylation sites is 1. The molecular formula is C22H22N2O4. The molecule has 6 nitrogen and oxygen atoms in total. The molecule has 0 unspecified atom stereocenters. The predicted molar refractivity (Wildman–Crippen MR) is 109 cm³/mol.